The number of halogens is 1. The molecule has 0 unspecified atom stereocenters. The summed E-state index contributed by atoms with van der Waals surface area (Å²) < 4.78 is 23.6. The van der Waals surface area contributed by atoms with Crippen LogP contribution in [0.5, 0.6) is 11.5 Å². The Balaban J connectivity index is 2.15. The van der Waals surface area contributed by atoms with E-state index in [1.165, 1.54) is 14.2 Å². The van der Waals surface area contributed by atoms with Crippen LogP contribution in [-0.2, 0) is 6.42 Å². The first kappa shape index (κ1) is 12.2. The summed E-state index contributed by atoms with van der Waals surface area (Å²) in [6, 6.07) is 3.42. The molecule has 0 aromatic heterocycles. The molecule has 17 heavy (non-hydrogen) atoms. The number of rotatable bonds is 5. The fourth-order valence-electron chi connectivity index (χ4n) is 1.87. The molecule has 0 atom stereocenters. The van der Waals surface area contributed by atoms with Crippen LogP contribution >= 0.6 is 0 Å². The first-order chi connectivity index (χ1) is 8.08. The molecule has 2 rings (SSSR count). The number of aryl methyl sites for hydroxylation is 1. The minimum Gasteiger partial charge on any atom is -0.494 e. The molecule has 1 aliphatic rings. The average Bonchev–Trinajstić information content (AvgIpc) is 3.06. The molecule has 1 fully saturated rings. The summed E-state index contributed by atoms with van der Waals surface area (Å²) in [5, 5.41) is 0. The lowest BCUT2D eigenvalue weighted by molar-refractivity contribution is 0.349. The van der Waals surface area contributed by atoms with Crippen LogP contribution in [-0.4, -0.2) is 19.8 Å². The maximum atomic E-state index is 13.7. The monoisotopic (exact) mass is 239 g/mol. The molecular weight excluding hydrogens is 221 g/mol. The second-order valence-corrected chi connectivity index (χ2v) is 4.68. The van der Waals surface area contributed by atoms with E-state index in [0.717, 1.165) is 31.2 Å². The fraction of sp³-hybridized carbons (Fsp3) is 0.538. The number of ether oxygens (including phenoxy) is 2. The molecule has 0 amide bonds. The molecule has 0 radical (unpaired) electrons. The van der Waals surface area contributed by atoms with Gasteiger partial charge in [-0.15, -0.1) is 0 Å². The second kappa shape index (κ2) is 4.53. The van der Waals surface area contributed by atoms with Crippen molar-refractivity contribution in [1.29, 1.82) is 0 Å². The molecule has 1 aliphatic carbocycles. The van der Waals surface area contributed by atoms with E-state index >= 15 is 0 Å². The van der Waals surface area contributed by atoms with Gasteiger partial charge < -0.3 is 15.2 Å². The van der Waals surface area contributed by atoms with Crippen molar-refractivity contribution in [3.63, 3.8) is 0 Å². The maximum Gasteiger partial charge on any atom is 0.206 e. The highest BCUT2D eigenvalue weighted by molar-refractivity contribution is 5.40. The van der Waals surface area contributed by atoms with E-state index in [4.69, 9.17) is 15.2 Å². The van der Waals surface area contributed by atoms with Crippen molar-refractivity contribution in [3.8, 4) is 11.5 Å². The molecule has 1 saturated carbocycles. The zero-order chi connectivity index (χ0) is 12.5. The Kier molecular flexibility index (Phi) is 3.24. The first-order valence-corrected chi connectivity index (χ1v) is 5.77. The van der Waals surface area contributed by atoms with Gasteiger partial charge in [0.15, 0.2) is 11.5 Å². The summed E-state index contributed by atoms with van der Waals surface area (Å²) in [7, 11) is 2.90. The van der Waals surface area contributed by atoms with Crippen LogP contribution in [0.4, 0.5) is 4.39 Å². The van der Waals surface area contributed by atoms with Crippen molar-refractivity contribution in [3.05, 3.63) is 23.5 Å². The molecule has 2 N–H and O–H groups in total. The Morgan fingerprint density at radius 2 is 1.76 bits per heavy atom. The highest BCUT2D eigenvalue weighted by Gasteiger charge is 2.37. The van der Waals surface area contributed by atoms with E-state index < -0.39 is 5.82 Å². The Hall–Kier alpha value is -1.29. The third-order valence-corrected chi connectivity index (χ3v) is 3.31. The SMILES string of the molecule is COc1cc(CCC2(N)CC2)cc(OC)c1F. The zero-order valence-electron chi connectivity index (χ0n) is 10.3. The van der Waals surface area contributed by atoms with E-state index in [0.29, 0.717) is 0 Å². The second-order valence-electron chi connectivity index (χ2n) is 4.68. The molecule has 0 heterocycles. The zero-order valence-corrected chi connectivity index (χ0v) is 10.3. The van der Waals surface area contributed by atoms with Gasteiger partial charge in [0.05, 0.1) is 14.2 Å². The summed E-state index contributed by atoms with van der Waals surface area (Å²) in [5.74, 6) is -0.00456. The van der Waals surface area contributed by atoms with Gasteiger partial charge >= 0.3 is 0 Å². The first-order valence-electron chi connectivity index (χ1n) is 5.77. The van der Waals surface area contributed by atoms with Gasteiger partial charge in [-0.3, -0.25) is 0 Å². The topological polar surface area (TPSA) is 44.5 Å². The number of benzene rings is 1. The predicted molar refractivity (Wildman–Crippen MR) is 64.0 cm³/mol. The Labute approximate surface area is 101 Å². The van der Waals surface area contributed by atoms with Crippen molar-refractivity contribution >= 4 is 0 Å². The minimum absolute atomic E-state index is 0.00879. The molecule has 0 aliphatic heterocycles. The van der Waals surface area contributed by atoms with Crippen molar-refractivity contribution in [2.45, 2.75) is 31.2 Å². The van der Waals surface area contributed by atoms with Crippen LogP contribution in [0.1, 0.15) is 24.8 Å². The van der Waals surface area contributed by atoms with Gasteiger partial charge in [-0.1, -0.05) is 0 Å². The molecule has 1 aromatic rings. The smallest absolute Gasteiger partial charge is 0.206 e. The van der Waals surface area contributed by atoms with Crippen LogP contribution < -0.4 is 15.2 Å². The van der Waals surface area contributed by atoms with E-state index in [9.17, 15) is 4.39 Å². The Morgan fingerprint density at radius 1 is 1.24 bits per heavy atom. The average molecular weight is 239 g/mol. The maximum absolute atomic E-state index is 13.7. The van der Waals surface area contributed by atoms with E-state index in [2.05, 4.69) is 0 Å². The van der Waals surface area contributed by atoms with Crippen LogP contribution in [0.3, 0.4) is 0 Å². The van der Waals surface area contributed by atoms with Gasteiger partial charge in [0, 0.05) is 5.54 Å². The summed E-state index contributed by atoms with van der Waals surface area (Å²) in [6.07, 6.45) is 3.92. The summed E-state index contributed by atoms with van der Waals surface area (Å²) in [5.41, 5.74) is 7.03. The number of hydrogen-bond donors (Lipinski definition) is 1. The van der Waals surface area contributed by atoms with Gasteiger partial charge in [0.1, 0.15) is 0 Å². The molecule has 0 bridgehead atoms. The normalized spacial score (nSPS) is 16.7. The van der Waals surface area contributed by atoms with Gasteiger partial charge in [-0.2, -0.15) is 4.39 Å². The number of nitrogens with two attached hydrogens (primary N) is 1. The lowest BCUT2D eigenvalue weighted by atomic mass is 10.0. The van der Waals surface area contributed by atoms with Crippen molar-refractivity contribution < 1.29 is 13.9 Å². The van der Waals surface area contributed by atoms with Crippen molar-refractivity contribution in [2.75, 3.05) is 14.2 Å². The lowest BCUT2D eigenvalue weighted by Crippen LogP contribution is -2.22. The van der Waals surface area contributed by atoms with Crippen LogP contribution in [0.15, 0.2) is 12.1 Å². The third-order valence-electron chi connectivity index (χ3n) is 3.31. The van der Waals surface area contributed by atoms with Gasteiger partial charge in [-0.25, -0.2) is 0 Å². The quantitative estimate of drug-likeness (QED) is 0.857. The number of methoxy groups -OCH3 is 2. The van der Waals surface area contributed by atoms with Crippen LogP contribution in [0, 0.1) is 5.82 Å². The lowest BCUT2D eigenvalue weighted by Gasteiger charge is -2.12. The van der Waals surface area contributed by atoms with Crippen molar-refractivity contribution in [2.24, 2.45) is 5.73 Å². The summed E-state index contributed by atoms with van der Waals surface area (Å²) >= 11 is 0. The summed E-state index contributed by atoms with van der Waals surface area (Å²) in [4.78, 5) is 0. The van der Waals surface area contributed by atoms with Crippen LogP contribution in [0.25, 0.3) is 0 Å². The molecule has 0 spiro atoms. The summed E-state index contributed by atoms with van der Waals surface area (Å²) in [6.45, 7) is 0. The predicted octanol–water partition coefficient (Wildman–Crippen LogP) is 2.27. The molecule has 3 nitrogen and oxygen atoms in total. The highest BCUT2D eigenvalue weighted by atomic mass is 19.1. The van der Waals surface area contributed by atoms with E-state index in [-0.39, 0.29) is 17.0 Å². The molecular formula is C13H18FNO2. The van der Waals surface area contributed by atoms with E-state index in [1.807, 2.05) is 0 Å². The number of hydrogen-bond acceptors (Lipinski definition) is 3. The van der Waals surface area contributed by atoms with Crippen LogP contribution in [0.2, 0.25) is 0 Å². The highest BCUT2D eigenvalue weighted by Crippen LogP contribution is 2.37. The fourth-order valence-corrected chi connectivity index (χ4v) is 1.87. The largest absolute Gasteiger partial charge is 0.494 e. The van der Waals surface area contributed by atoms with Gasteiger partial charge in [0.25, 0.3) is 0 Å². The van der Waals surface area contributed by atoms with E-state index in [1.54, 1.807) is 12.1 Å². The third kappa shape index (κ3) is 2.69. The van der Waals surface area contributed by atoms with Crippen molar-refractivity contribution in [1.82, 2.24) is 0 Å². The molecule has 0 saturated heterocycles. The van der Waals surface area contributed by atoms with Gasteiger partial charge in [-0.05, 0) is 43.4 Å². The Morgan fingerprint density at radius 3 is 2.18 bits per heavy atom. The minimum atomic E-state index is -0.451. The Bertz CT molecular complexity index is 391. The molecule has 1 aromatic carbocycles. The molecule has 94 valence electrons. The molecule has 4 heteroatoms. The standard InChI is InChI=1S/C13H18FNO2/c1-16-10-7-9(3-4-13(15)5-6-13)8-11(17-2)12(10)14/h7-8H,3-6,15H2,1-2H3. The van der Waals surface area contributed by atoms with Gasteiger partial charge in [0.2, 0.25) is 5.82 Å².